The van der Waals surface area contributed by atoms with Crippen LogP contribution in [0.4, 0.5) is 5.13 Å². The van der Waals surface area contributed by atoms with Crippen LogP contribution in [-0.4, -0.2) is 16.3 Å². The topological polar surface area (TPSA) is 57.5 Å². The van der Waals surface area contributed by atoms with E-state index in [4.69, 9.17) is 23.2 Å². The van der Waals surface area contributed by atoms with Gasteiger partial charge in [-0.1, -0.05) is 45.2 Å². The summed E-state index contributed by atoms with van der Waals surface area (Å²) in [6, 6.07) is 8.87. The van der Waals surface area contributed by atoms with Crippen LogP contribution < -0.4 is 5.43 Å². The van der Waals surface area contributed by atoms with Gasteiger partial charge in [-0.25, -0.2) is 4.98 Å². The lowest BCUT2D eigenvalue weighted by Gasteiger charge is -2.02. The Morgan fingerprint density at radius 3 is 2.72 bits per heavy atom. The zero-order valence-corrected chi connectivity index (χ0v) is 17.8. The van der Waals surface area contributed by atoms with Gasteiger partial charge in [-0.3, -0.25) is 5.43 Å². The molecule has 2 aromatic carbocycles. The number of thiazole rings is 1. The van der Waals surface area contributed by atoms with E-state index >= 15 is 0 Å². The third-order valence-corrected chi connectivity index (χ3v) is 5.69. The Hall–Kier alpha value is -1.12. The van der Waals surface area contributed by atoms with Gasteiger partial charge in [-0.15, -0.1) is 11.3 Å². The van der Waals surface area contributed by atoms with E-state index in [1.165, 1.54) is 17.6 Å². The van der Waals surface area contributed by atoms with E-state index < -0.39 is 0 Å². The summed E-state index contributed by atoms with van der Waals surface area (Å²) in [5.41, 5.74) is 5.06. The molecule has 2 N–H and O–H groups in total. The number of aromatic nitrogens is 1. The molecule has 3 rings (SSSR count). The van der Waals surface area contributed by atoms with Crippen molar-refractivity contribution in [2.75, 3.05) is 5.43 Å². The molecule has 0 aliphatic heterocycles. The minimum atomic E-state index is 0.115. The number of halogens is 4. The molecule has 3 aromatic rings. The first-order chi connectivity index (χ1) is 11.9. The summed E-state index contributed by atoms with van der Waals surface area (Å²) in [6.45, 7) is 0. The van der Waals surface area contributed by atoms with Crippen LogP contribution >= 0.6 is 66.4 Å². The smallest absolute Gasteiger partial charge is 0.203 e. The summed E-state index contributed by atoms with van der Waals surface area (Å²) in [7, 11) is 0. The van der Waals surface area contributed by atoms with Crippen LogP contribution in [0.3, 0.4) is 0 Å². The number of aromatic hydroxyl groups is 1. The zero-order chi connectivity index (χ0) is 18.0. The largest absolute Gasteiger partial charge is 0.506 e. The highest BCUT2D eigenvalue weighted by Crippen LogP contribution is 2.32. The second kappa shape index (κ2) is 8.05. The molecular formula is C16H9Br2Cl2N3OS. The van der Waals surface area contributed by atoms with Crippen molar-refractivity contribution in [3.63, 3.8) is 0 Å². The van der Waals surface area contributed by atoms with E-state index in [0.717, 1.165) is 15.7 Å². The number of hydrazone groups is 1. The molecule has 4 nitrogen and oxygen atoms in total. The van der Waals surface area contributed by atoms with Gasteiger partial charge in [-0.2, -0.15) is 5.10 Å². The molecule has 25 heavy (non-hydrogen) atoms. The average Bonchev–Trinajstić information content (AvgIpc) is 3.03. The van der Waals surface area contributed by atoms with Gasteiger partial charge in [0.2, 0.25) is 5.13 Å². The van der Waals surface area contributed by atoms with Gasteiger partial charge >= 0.3 is 0 Å². The number of benzene rings is 2. The minimum absolute atomic E-state index is 0.115. The number of hydrogen-bond acceptors (Lipinski definition) is 5. The van der Waals surface area contributed by atoms with Crippen LogP contribution in [0.1, 0.15) is 5.56 Å². The monoisotopic (exact) mass is 519 g/mol. The van der Waals surface area contributed by atoms with E-state index in [9.17, 15) is 5.11 Å². The predicted octanol–water partition coefficient (Wildman–Crippen LogP) is 6.79. The molecule has 0 aliphatic rings. The summed E-state index contributed by atoms with van der Waals surface area (Å²) in [5.74, 6) is 0.115. The maximum atomic E-state index is 10.00. The number of rotatable bonds is 4. The lowest BCUT2D eigenvalue weighted by Crippen LogP contribution is -1.91. The van der Waals surface area contributed by atoms with Crippen molar-refractivity contribution >= 4 is 77.7 Å². The van der Waals surface area contributed by atoms with Crippen LogP contribution in [0.15, 0.2) is 49.8 Å². The highest BCUT2D eigenvalue weighted by atomic mass is 79.9. The number of phenols is 1. The maximum absolute atomic E-state index is 10.00. The zero-order valence-electron chi connectivity index (χ0n) is 12.3. The Bertz CT molecular complexity index is 963. The van der Waals surface area contributed by atoms with Gasteiger partial charge < -0.3 is 5.11 Å². The third-order valence-electron chi connectivity index (χ3n) is 3.14. The second-order valence-corrected chi connectivity index (χ2v) is 8.30. The Kier molecular flexibility index (Phi) is 6.01. The van der Waals surface area contributed by atoms with Gasteiger partial charge in [0.15, 0.2) is 0 Å². The molecule has 0 fully saturated rings. The molecule has 128 valence electrons. The van der Waals surface area contributed by atoms with E-state index in [0.29, 0.717) is 25.2 Å². The standard InChI is InChI=1S/C16H9Br2Cl2N3OS/c17-10-3-9(15(24)11(18)5-10)6-21-23-16-22-14(7-25-16)8-1-2-12(19)13(20)4-8/h1-7,24H,(H,22,23)/b21-6+. The van der Waals surface area contributed by atoms with E-state index in [2.05, 4.69) is 47.4 Å². The first kappa shape index (κ1) is 18.7. The van der Waals surface area contributed by atoms with Gasteiger partial charge in [0.25, 0.3) is 0 Å². The molecule has 0 radical (unpaired) electrons. The SMILES string of the molecule is Oc1c(Br)cc(Br)cc1/C=N/Nc1nc(-c2ccc(Cl)c(Cl)c2)cs1. The lowest BCUT2D eigenvalue weighted by molar-refractivity contribution is 0.471. The first-order valence-corrected chi connectivity index (χ1v) is 10.0. The number of phenolic OH excluding ortho intramolecular Hbond substituents is 1. The van der Waals surface area contributed by atoms with Crippen molar-refractivity contribution in [2.45, 2.75) is 0 Å². The molecule has 9 heteroatoms. The maximum Gasteiger partial charge on any atom is 0.203 e. The Morgan fingerprint density at radius 2 is 1.96 bits per heavy atom. The third kappa shape index (κ3) is 4.54. The van der Waals surface area contributed by atoms with Crippen LogP contribution in [0.25, 0.3) is 11.3 Å². The van der Waals surface area contributed by atoms with Gasteiger partial charge in [0.05, 0.1) is 26.4 Å². The van der Waals surface area contributed by atoms with E-state index in [1.54, 1.807) is 24.3 Å². The summed E-state index contributed by atoms with van der Waals surface area (Å²) in [5, 5.41) is 17.6. The van der Waals surface area contributed by atoms with E-state index in [1.807, 2.05) is 11.4 Å². The average molecular weight is 522 g/mol. The van der Waals surface area contributed by atoms with Crippen molar-refractivity contribution in [3.8, 4) is 17.0 Å². The Labute approximate surface area is 174 Å². The predicted molar refractivity (Wildman–Crippen MR) is 112 cm³/mol. The summed E-state index contributed by atoms with van der Waals surface area (Å²) < 4.78 is 1.41. The van der Waals surface area contributed by atoms with Gasteiger partial charge in [0, 0.05) is 21.0 Å². The summed E-state index contributed by atoms with van der Waals surface area (Å²) in [4.78, 5) is 4.45. The molecule has 0 aliphatic carbocycles. The number of hydrogen-bond donors (Lipinski definition) is 2. The molecule has 1 heterocycles. The highest BCUT2D eigenvalue weighted by molar-refractivity contribution is 9.11. The number of anilines is 1. The van der Waals surface area contributed by atoms with Crippen LogP contribution in [0.5, 0.6) is 5.75 Å². The van der Waals surface area contributed by atoms with Crippen molar-refractivity contribution < 1.29 is 5.11 Å². The Morgan fingerprint density at radius 1 is 1.16 bits per heavy atom. The normalized spacial score (nSPS) is 11.2. The van der Waals surface area contributed by atoms with Crippen molar-refractivity contribution in [2.24, 2.45) is 5.10 Å². The molecule has 0 atom stereocenters. The quantitative estimate of drug-likeness (QED) is 0.293. The van der Waals surface area contributed by atoms with Crippen molar-refractivity contribution in [1.82, 2.24) is 4.98 Å². The highest BCUT2D eigenvalue weighted by Gasteiger charge is 2.07. The molecule has 0 spiro atoms. The summed E-state index contributed by atoms with van der Waals surface area (Å²) in [6.07, 6.45) is 1.52. The molecule has 0 amide bonds. The number of nitrogens with zero attached hydrogens (tertiary/aromatic N) is 2. The molecule has 0 saturated carbocycles. The first-order valence-electron chi connectivity index (χ1n) is 6.82. The van der Waals surface area contributed by atoms with Crippen molar-refractivity contribution in [1.29, 1.82) is 0 Å². The fraction of sp³-hybridized carbons (Fsp3) is 0. The van der Waals surface area contributed by atoms with Crippen LogP contribution in [-0.2, 0) is 0 Å². The molecule has 0 saturated heterocycles. The second-order valence-electron chi connectivity index (χ2n) is 4.86. The van der Waals surface area contributed by atoms with Gasteiger partial charge in [0.1, 0.15) is 5.75 Å². The molecule has 0 bridgehead atoms. The van der Waals surface area contributed by atoms with Crippen molar-refractivity contribution in [3.05, 3.63) is 60.3 Å². The van der Waals surface area contributed by atoms with Crippen LogP contribution in [0, 0.1) is 0 Å². The van der Waals surface area contributed by atoms with E-state index in [-0.39, 0.29) is 5.75 Å². The molecular weight excluding hydrogens is 513 g/mol. The fourth-order valence-corrected chi connectivity index (χ4v) is 4.18. The number of nitrogens with one attached hydrogen (secondary N) is 1. The van der Waals surface area contributed by atoms with Crippen LogP contribution in [0.2, 0.25) is 10.0 Å². The summed E-state index contributed by atoms with van der Waals surface area (Å²) >= 11 is 20.0. The Balaban J connectivity index is 1.75. The molecule has 1 aromatic heterocycles. The lowest BCUT2D eigenvalue weighted by atomic mass is 10.2. The van der Waals surface area contributed by atoms with Gasteiger partial charge in [-0.05, 0) is 40.2 Å². The minimum Gasteiger partial charge on any atom is -0.506 e. The molecule has 0 unspecified atom stereocenters. The fourth-order valence-electron chi connectivity index (χ4n) is 1.95.